The normalized spacial score (nSPS) is 15.8. The average molecular weight is 209 g/mol. The number of aryl methyl sites for hydroxylation is 2. The van der Waals surface area contributed by atoms with Gasteiger partial charge in [-0.2, -0.15) is 0 Å². The summed E-state index contributed by atoms with van der Waals surface area (Å²) in [5, 5.41) is 0. The fourth-order valence-electron chi connectivity index (χ4n) is 3.03. The Balaban J connectivity index is 1.97. The van der Waals surface area contributed by atoms with Gasteiger partial charge in [-0.25, -0.2) is 9.13 Å². The molecule has 0 aliphatic carbocycles. The van der Waals surface area contributed by atoms with Crippen LogP contribution in [0.1, 0.15) is 28.4 Å². The summed E-state index contributed by atoms with van der Waals surface area (Å²) in [7, 11) is 0. The van der Waals surface area contributed by atoms with Gasteiger partial charge in [-0.3, -0.25) is 0 Å². The molecule has 0 fully saturated rings. The number of hydrogen-bond acceptors (Lipinski definition) is 0. The quantitative estimate of drug-likeness (QED) is 0.455. The smallest absolute Gasteiger partial charge is 0.208 e. The Morgan fingerprint density at radius 3 is 1.94 bits per heavy atom. The molecule has 16 heavy (non-hydrogen) atoms. The fourth-order valence-corrected chi connectivity index (χ4v) is 3.03. The van der Waals surface area contributed by atoms with Gasteiger partial charge in [0.2, 0.25) is 0 Å². The monoisotopic (exact) mass is 209 g/mol. The van der Waals surface area contributed by atoms with Gasteiger partial charge >= 0.3 is 6.17 Å². The molecule has 2 heteroatoms. The second-order valence-corrected chi connectivity index (χ2v) is 4.68. The number of aromatic nitrogens is 2. The summed E-state index contributed by atoms with van der Waals surface area (Å²) in [6, 6.07) is 8.64. The van der Waals surface area contributed by atoms with Crippen LogP contribution in [0.3, 0.4) is 0 Å². The highest BCUT2D eigenvalue weighted by molar-refractivity contribution is 5.39. The Hall–Kier alpha value is -1.83. The molecular weight excluding hydrogens is 196 g/mol. The van der Waals surface area contributed by atoms with Gasteiger partial charge in [0.1, 0.15) is 23.8 Å². The van der Waals surface area contributed by atoms with Crippen molar-refractivity contribution in [2.24, 2.45) is 0 Å². The van der Waals surface area contributed by atoms with E-state index in [0.717, 1.165) is 0 Å². The lowest BCUT2D eigenvalue weighted by molar-refractivity contribution is -0.929. The minimum Gasteiger partial charge on any atom is -0.208 e. The van der Waals surface area contributed by atoms with Crippen LogP contribution in [0, 0.1) is 20.0 Å². The Labute approximate surface area is 94.8 Å². The largest absolute Gasteiger partial charge is 0.365 e. The highest BCUT2D eigenvalue weighted by atomic mass is 15.3. The Morgan fingerprint density at radius 1 is 0.938 bits per heavy atom. The van der Waals surface area contributed by atoms with E-state index in [1.165, 1.54) is 28.7 Å². The van der Waals surface area contributed by atoms with Crippen molar-refractivity contribution in [3.05, 3.63) is 65.3 Å². The first-order valence-corrected chi connectivity index (χ1v) is 5.69. The topological polar surface area (TPSA) is 7.76 Å². The Morgan fingerprint density at radius 2 is 1.44 bits per heavy atom. The molecule has 0 aromatic carbocycles. The van der Waals surface area contributed by atoms with Gasteiger partial charge in [0.05, 0.1) is 0 Å². The second-order valence-electron chi connectivity index (χ2n) is 4.68. The maximum Gasteiger partial charge on any atom is 0.365 e. The van der Waals surface area contributed by atoms with Crippen molar-refractivity contribution in [3.63, 3.8) is 0 Å². The van der Waals surface area contributed by atoms with Crippen molar-refractivity contribution in [1.82, 2.24) is 0 Å². The molecule has 78 valence electrons. The lowest BCUT2D eigenvalue weighted by atomic mass is 9.78. The summed E-state index contributed by atoms with van der Waals surface area (Å²) in [5.41, 5.74) is 5.72. The highest BCUT2D eigenvalue weighted by Crippen LogP contribution is 2.43. The number of pyridine rings is 2. The second kappa shape index (κ2) is 2.46. The highest BCUT2D eigenvalue weighted by Gasteiger charge is 2.63. The van der Waals surface area contributed by atoms with E-state index >= 15 is 0 Å². The molecule has 0 atom stereocenters. The van der Waals surface area contributed by atoms with Gasteiger partial charge in [-0.05, 0) is 37.1 Å². The van der Waals surface area contributed by atoms with Crippen LogP contribution >= 0.6 is 0 Å². The van der Waals surface area contributed by atoms with Crippen molar-refractivity contribution in [2.75, 3.05) is 0 Å². The zero-order chi connectivity index (χ0) is 10.9. The Bertz CT molecular complexity index is 563. The van der Waals surface area contributed by atoms with Gasteiger partial charge in [0, 0.05) is 0 Å². The third-order valence-corrected chi connectivity index (χ3v) is 3.79. The molecule has 2 aliphatic rings. The number of nitrogens with zero attached hydrogens (tertiary/aromatic N) is 2. The van der Waals surface area contributed by atoms with Crippen LogP contribution in [0.4, 0.5) is 0 Å². The predicted molar refractivity (Wildman–Crippen MR) is 58.6 cm³/mol. The molecule has 0 amide bonds. The number of fused-ring (bicyclic) bond motifs is 7. The molecule has 4 rings (SSSR count). The SMILES string of the molecule is Cc1ccc[n+]2c1C1c3c(C)ccc[n+]3[C-]12. The molecule has 2 aromatic rings. The van der Waals surface area contributed by atoms with Crippen molar-refractivity contribution >= 4 is 0 Å². The first kappa shape index (κ1) is 8.34. The van der Waals surface area contributed by atoms with Crippen LogP contribution in [0.5, 0.6) is 0 Å². The molecule has 4 heterocycles. The molecule has 0 radical (unpaired) electrons. The summed E-state index contributed by atoms with van der Waals surface area (Å²) < 4.78 is 4.62. The Kier molecular flexibility index (Phi) is 1.28. The van der Waals surface area contributed by atoms with Gasteiger partial charge in [0.15, 0.2) is 5.92 Å². The third kappa shape index (κ3) is 0.712. The molecule has 0 bridgehead atoms. The number of rotatable bonds is 0. The molecule has 2 nitrogen and oxygen atoms in total. The summed E-state index contributed by atoms with van der Waals surface area (Å²) in [4.78, 5) is 0. The van der Waals surface area contributed by atoms with Gasteiger partial charge in [-0.15, -0.1) is 0 Å². The van der Waals surface area contributed by atoms with Gasteiger partial charge < -0.3 is 0 Å². The molecule has 0 N–H and O–H groups in total. The standard InChI is InChI=1S/C14H13N2/c1-9-5-3-7-15-12(9)11-13-10(2)6-4-8-16(13)14(11)15/h3-8,11H,1-2H3/q+1. The van der Waals surface area contributed by atoms with Crippen molar-refractivity contribution in [1.29, 1.82) is 0 Å². The zero-order valence-corrected chi connectivity index (χ0v) is 9.44. The number of hydrogen-bond donors (Lipinski definition) is 0. The maximum absolute atomic E-state index is 2.31. The molecule has 2 aromatic heterocycles. The molecule has 0 unspecified atom stereocenters. The zero-order valence-electron chi connectivity index (χ0n) is 9.44. The average Bonchev–Trinajstić information content (AvgIpc) is 2.21. The van der Waals surface area contributed by atoms with E-state index in [-0.39, 0.29) is 0 Å². The van der Waals surface area contributed by atoms with Crippen LogP contribution in [0.25, 0.3) is 0 Å². The summed E-state index contributed by atoms with van der Waals surface area (Å²) in [5.74, 6) is 0.558. The molecule has 0 spiro atoms. The van der Waals surface area contributed by atoms with E-state index in [1.807, 2.05) is 0 Å². The maximum atomic E-state index is 2.31. The van der Waals surface area contributed by atoms with Crippen LogP contribution in [-0.4, -0.2) is 0 Å². The van der Waals surface area contributed by atoms with E-state index in [1.54, 1.807) is 0 Å². The van der Waals surface area contributed by atoms with Crippen LogP contribution in [0.2, 0.25) is 0 Å². The van der Waals surface area contributed by atoms with Crippen LogP contribution in [-0.2, 0) is 0 Å². The van der Waals surface area contributed by atoms with E-state index < -0.39 is 0 Å². The van der Waals surface area contributed by atoms with Gasteiger partial charge in [0.25, 0.3) is 0 Å². The summed E-state index contributed by atoms with van der Waals surface area (Å²) in [6.07, 6.45) is 5.73. The summed E-state index contributed by atoms with van der Waals surface area (Å²) >= 11 is 0. The van der Waals surface area contributed by atoms with Crippen molar-refractivity contribution in [3.8, 4) is 0 Å². The first-order valence-electron chi connectivity index (χ1n) is 5.69. The molecule has 2 aliphatic heterocycles. The fraction of sp³-hybridized carbons (Fsp3) is 0.214. The first-order chi connectivity index (χ1) is 7.79. The van der Waals surface area contributed by atoms with Crippen molar-refractivity contribution < 1.29 is 9.13 Å². The van der Waals surface area contributed by atoms with Gasteiger partial charge in [-0.1, -0.05) is 12.1 Å². The lowest BCUT2D eigenvalue weighted by Gasteiger charge is -2.41. The van der Waals surface area contributed by atoms with E-state index in [4.69, 9.17) is 0 Å². The van der Waals surface area contributed by atoms with Crippen LogP contribution < -0.4 is 9.13 Å². The minimum absolute atomic E-state index is 0.558. The predicted octanol–water partition coefficient (Wildman–Crippen LogP) is 1.22. The molecular formula is C14H13N2+. The minimum atomic E-state index is 0.558. The van der Waals surface area contributed by atoms with E-state index in [0.29, 0.717) is 5.92 Å². The molecule has 0 saturated heterocycles. The van der Waals surface area contributed by atoms with Crippen molar-refractivity contribution in [2.45, 2.75) is 19.8 Å². The summed E-state index contributed by atoms with van der Waals surface area (Å²) in [6.45, 7) is 4.40. The van der Waals surface area contributed by atoms with E-state index in [2.05, 4.69) is 59.6 Å². The molecule has 0 saturated carbocycles. The lowest BCUT2D eigenvalue weighted by Crippen LogP contribution is -2.79. The van der Waals surface area contributed by atoms with Crippen LogP contribution in [0.15, 0.2) is 36.7 Å². The third-order valence-electron chi connectivity index (χ3n) is 3.79. The van der Waals surface area contributed by atoms with E-state index in [9.17, 15) is 0 Å².